The van der Waals surface area contributed by atoms with Crippen LogP contribution in [0.5, 0.6) is 0 Å². The van der Waals surface area contributed by atoms with Crippen molar-refractivity contribution in [2.45, 2.75) is 6.42 Å². The number of nitrogens with two attached hydrogens (primary N) is 1. The van der Waals surface area contributed by atoms with Gasteiger partial charge < -0.3 is 21.2 Å². The van der Waals surface area contributed by atoms with Gasteiger partial charge in [0, 0.05) is 25.5 Å². The molecule has 0 aliphatic heterocycles. The van der Waals surface area contributed by atoms with Crippen molar-refractivity contribution < 1.29 is 10.0 Å². The van der Waals surface area contributed by atoms with Crippen LogP contribution in [-0.2, 0) is 4.79 Å². The quantitative estimate of drug-likeness (QED) is 0.312. The molecule has 0 aromatic heterocycles. The molecule has 0 spiro atoms. The number of oxime groups is 1. The van der Waals surface area contributed by atoms with Gasteiger partial charge in [-0.05, 0) is 24.3 Å². The van der Waals surface area contributed by atoms with Crippen LogP contribution in [0.25, 0.3) is 0 Å². The van der Waals surface area contributed by atoms with Gasteiger partial charge in [0.2, 0.25) is 5.91 Å². The first-order valence-corrected chi connectivity index (χ1v) is 5.06. The third-order valence-electron chi connectivity index (χ3n) is 2.14. The summed E-state index contributed by atoms with van der Waals surface area (Å²) in [5, 5.41) is 13.7. The predicted octanol–water partition coefficient (Wildman–Crippen LogP) is 0.828. The van der Waals surface area contributed by atoms with Gasteiger partial charge in [-0.25, -0.2) is 0 Å². The number of anilines is 2. The molecule has 0 bridgehead atoms. The number of hydrogen-bond acceptors (Lipinski definition) is 4. The van der Waals surface area contributed by atoms with Gasteiger partial charge in [-0.15, -0.1) is 0 Å². The normalized spacial score (nSPS) is 11.1. The number of amides is 1. The van der Waals surface area contributed by atoms with E-state index in [1.165, 1.54) is 0 Å². The second-order valence-electron chi connectivity index (χ2n) is 3.76. The Hall–Kier alpha value is -2.24. The molecule has 6 nitrogen and oxygen atoms in total. The molecule has 1 rings (SSSR count). The molecule has 4 N–H and O–H groups in total. The van der Waals surface area contributed by atoms with Gasteiger partial charge in [-0.2, -0.15) is 0 Å². The maximum absolute atomic E-state index is 11.4. The van der Waals surface area contributed by atoms with Crippen molar-refractivity contribution in [2.75, 3.05) is 24.3 Å². The Kier molecular flexibility index (Phi) is 4.33. The first-order valence-electron chi connectivity index (χ1n) is 5.06. The molecule has 0 fully saturated rings. The summed E-state index contributed by atoms with van der Waals surface area (Å²) < 4.78 is 0. The maximum Gasteiger partial charge on any atom is 0.232 e. The zero-order chi connectivity index (χ0) is 12.8. The molecule has 92 valence electrons. The molecule has 0 saturated heterocycles. The van der Waals surface area contributed by atoms with Crippen molar-refractivity contribution in [2.24, 2.45) is 10.9 Å². The van der Waals surface area contributed by atoms with Crippen LogP contribution in [0.2, 0.25) is 0 Å². The summed E-state index contributed by atoms with van der Waals surface area (Å²) in [5.74, 6) is -0.440. The van der Waals surface area contributed by atoms with Crippen LogP contribution < -0.4 is 16.0 Å². The number of benzene rings is 1. The number of hydrogen-bond donors (Lipinski definition) is 3. The number of nitrogens with one attached hydrogen (secondary N) is 1. The van der Waals surface area contributed by atoms with E-state index >= 15 is 0 Å². The molecular formula is C11H16N4O2. The molecule has 0 atom stereocenters. The van der Waals surface area contributed by atoms with Gasteiger partial charge in [0.25, 0.3) is 0 Å². The van der Waals surface area contributed by atoms with Crippen LogP contribution in [0.15, 0.2) is 29.4 Å². The monoisotopic (exact) mass is 236 g/mol. The lowest BCUT2D eigenvalue weighted by Crippen LogP contribution is -2.22. The highest BCUT2D eigenvalue weighted by Crippen LogP contribution is 2.15. The Labute approximate surface area is 99.7 Å². The average molecular weight is 236 g/mol. The van der Waals surface area contributed by atoms with Crippen LogP contribution >= 0.6 is 0 Å². The molecule has 17 heavy (non-hydrogen) atoms. The lowest BCUT2D eigenvalue weighted by atomic mass is 10.2. The van der Waals surface area contributed by atoms with Gasteiger partial charge in [-0.1, -0.05) is 5.16 Å². The first kappa shape index (κ1) is 12.8. The minimum absolute atomic E-state index is 0.118. The number of carbonyl (C=O) groups is 1. The fourth-order valence-electron chi connectivity index (χ4n) is 1.25. The van der Waals surface area contributed by atoms with E-state index in [2.05, 4.69) is 10.5 Å². The summed E-state index contributed by atoms with van der Waals surface area (Å²) in [4.78, 5) is 13.4. The highest BCUT2D eigenvalue weighted by Gasteiger charge is 2.05. The van der Waals surface area contributed by atoms with E-state index in [4.69, 9.17) is 10.9 Å². The molecule has 0 aliphatic rings. The van der Waals surface area contributed by atoms with E-state index in [9.17, 15) is 4.79 Å². The Morgan fingerprint density at radius 3 is 2.47 bits per heavy atom. The molecule has 0 unspecified atom stereocenters. The SMILES string of the molecule is CN(C)c1ccc(NC(=O)C/C(N)=N/O)cc1. The molecule has 0 heterocycles. The standard InChI is InChI=1S/C11H16N4O2/c1-15(2)9-5-3-8(4-6-9)13-11(16)7-10(12)14-17/h3-6,17H,7H2,1-2H3,(H2,12,14)(H,13,16). The molecular weight excluding hydrogens is 220 g/mol. The van der Waals surface area contributed by atoms with E-state index in [-0.39, 0.29) is 18.2 Å². The Morgan fingerprint density at radius 1 is 1.41 bits per heavy atom. The van der Waals surface area contributed by atoms with Crippen molar-refractivity contribution >= 4 is 23.1 Å². The number of nitrogens with zero attached hydrogens (tertiary/aromatic N) is 2. The predicted molar refractivity (Wildman–Crippen MR) is 67.4 cm³/mol. The largest absolute Gasteiger partial charge is 0.409 e. The second kappa shape index (κ2) is 5.74. The summed E-state index contributed by atoms with van der Waals surface area (Å²) in [6.45, 7) is 0. The van der Waals surface area contributed by atoms with Gasteiger partial charge in [0.05, 0.1) is 6.42 Å². The van der Waals surface area contributed by atoms with E-state index in [0.717, 1.165) is 5.69 Å². The Bertz CT molecular complexity index is 412. The van der Waals surface area contributed by atoms with Crippen molar-refractivity contribution in [1.82, 2.24) is 0 Å². The smallest absolute Gasteiger partial charge is 0.232 e. The maximum atomic E-state index is 11.4. The third kappa shape index (κ3) is 4.02. The summed E-state index contributed by atoms with van der Waals surface area (Å²) in [7, 11) is 3.87. The van der Waals surface area contributed by atoms with E-state index in [1.807, 2.05) is 31.1 Å². The summed E-state index contributed by atoms with van der Waals surface area (Å²) in [6, 6.07) is 7.36. The zero-order valence-electron chi connectivity index (χ0n) is 9.84. The second-order valence-corrected chi connectivity index (χ2v) is 3.76. The topological polar surface area (TPSA) is 91.0 Å². The zero-order valence-corrected chi connectivity index (χ0v) is 9.84. The molecule has 1 amide bonds. The fourth-order valence-corrected chi connectivity index (χ4v) is 1.25. The third-order valence-corrected chi connectivity index (χ3v) is 2.14. The van der Waals surface area contributed by atoms with E-state index in [1.54, 1.807) is 12.1 Å². The number of amidine groups is 1. The minimum atomic E-state index is -0.321. The van der Waals surface area contributed by atoms with Crippen molar-refractivity contribution in [3.05, 3.63) is 24.3 Å². The van der Waals surface area contributed by atoms with E-state index < -0.39 is 0 Å². The molecule has 0 aliphatic carbocycles. The highest BCUT2D eigenvalue weighted by atomic mass is 16.4. The van der Waals surface area contributed by atoms with Crippen LogP contribution in [0.1, 0.15) is 6.42 Å². The molecule has 1 aromatic carbocycles. The first-order chi connectivity index (χ1) is 8.02. The van der Waals surface area contributed by atoms with Crippen molar-refractivity contribution in [3.63, 3.8) is 0 Å². The molecule has 0 saturated carbocycles. The highest BCUT2D eigenvalue weighted by molar-refractivity contribution is 6.04. The van der Waals surface area contributed by atoms with Gasteiger partial charge in [-0.3, -0.25) is 4.79 Å². The summed E-state index contributed by atoms with van der Waals surface area (Å²) >= 11 is 0. The van der Waals surface area contributed by atoms with Crippen LogP contribution in [0, 0.1) is 0 Å². The van der Waals surface area contributed by atoms with Crippen molar-refractivity contribution in [1.29, 1.82) is 0 Å². The number of carbonyl (C=O) groups excluding carboxylic acids is 1. The average Bonchev–Trinajstić information content (AvgIpc) is 2.29. The van der Waals surface area contributed by atoms with Crippen LogP contribution in [0.4, 0.5) is 11.4 Å². The Morgan fingerprint density at radius 2 is 2.00 bits per heavy atom. The lowest BCUT2D eigenvalue weighted by Gasteiger charge is -2.12. The summed E-state index contributed by atoms with van der Waals surface area (Å²) in [6.07, 6.45) is -0.133. The van der Waals surface area contributed by atoms with Crippen LogP contribution in [0.3, 0.4) is 0 Å². The minimum Gasteiger partial charge on any atom is -0.409 e. The van der Waals surface area contributed by atoms with Gasteiger partial charge >= 0.3 is 0 Å². The van der Waals surface area contributed by atoms with Gasteiger partial charge in [0.15, 0.2) is 0 Å². The molecule has 0 radical (unpaired) electrons. The number of rotatable bonds is 4. The summed E-state index contributed by atoms with van der Waals surface area (Å²) in [5.41, 5.74) is 6.94. The Balaban J connectivity index is 2.60. The lowest BCUT2D eigenvalue weighted by molar-refractivity contribution is -0.115. The van der Waals surface area contributed by atoms with Crippen molar-refractivity contribution in [3.8, 4) is 0 Å². The molecule has 6 heteroatoms. The molecule has 1 aromatic rings. The van der Waals surface area contributed by atoms with Gasteiger partial charge in [0.1, 0.15) is 5.84 Å². The van der Waals surface area contributed by atoms with E-state index in [0.29, 0.717) is 5.69 Å². The fraction of sp³-hybridized carbons (Fsp3) is 0.273. The van der Waals surface area contributed by atoms with Crippen LogP contribution in [-0.4, -0.2) is 31.0 Å².